The van der Waals surface area contributed by atoms with Crippen molar-refractivity contribution in [2.24, 2.45) is 12.8 Å². The lowest BCUT2D eigenvalue weighted by atomic mass is 10.0. The molecule has 4 rings (SSSR count). The van der Waals surface area contributed by atoms with Gasteiger partial charge in [0.15, 0.2) is 0 Å². The van der Waals surface area contributed by atoms with Gasteiger partial charge in [0.05, 0.1) is 11.2 Å². The van der Waals surface area contributed by atoms with Crippen LogP contribution in [0.4, 0.5) is 0 Å². The summed E-state index contributed by atoms with van der Waals surface area (Å²) in [5.41, 5.74) is 10.0. The molecule has 0 unspecified atom stereocenters. The van der Waals surface area contributed by atoms with E-state index in [1.54, 1.807) is 0 Å². The summed E-state index contributed by atoms with van der Waals surface area (Å²) in [4.78, 5) is 0. The van der Waals surface area contributed by atoms with Gasteiger partial charge >= 0.3 is 0 Å². The number of nitrogens with zero attached hydrogens (tertiary/aromatic N) is 2. The molecule has 3 nitrogen and oxygen atoms in total. The second kappa shape index (κ2) is 2.91. The van der Waals surface area contributed by atoms with Gasteiger partial charge in [0.25, 0.3) is 0 Å². The number of hydrogen-bond donors (Lipinski definition) is 1. The second-order valence-corrected chi connectivity index (χ2v) is 5.67. The van der Waals surface area contributed by atoms with Crippen LogP contribution >= 0.6 is 0 Å². The fourth-order valence-electron chi connectivity index (χ4n) is 2.68. The highest BCUT2D eigenvalue weighted by Crippen LogP contribution is 2.45. The fraction of sp³-hybridized carbons (Fsp3) is 0.500. The molecule has 0 spiro atoms. The van der Waals surface area contributed by atoms with E-state index in [1.165, 1.54) is 35.0 Å². The molecule has 2 N–H and O–H groups in total. The van der Waals surface area contributed by atoms with Gasteiger partial charge in [-0.1, -0.05) is 12.1 Å². The zero-order chi connectivity index (χ0) is 11.6. The monoisotopic (exact) mass is 227 g/mol. The van der Waals surface area contributed by atoms with Crippen LogP contribution in [0.2, 0.25) is 0 Å². The number of benzene rings is 1. The molecule has 2 aliphatic carbocycles. The van der Waals surface area contributed by atoms with Crippen molar-refractivity contribution in [3.05, 3.63) is 29.5 Å². The van der Waals surface area contributed by atoms with Gasteiger partial charge in [0, 0.05) is 23.9 Å². The minimum atomic E-state index is -0.0434. The average Bonchev–Trinajstić information content (AvgIpc) is 3.23. The summed E-state index contributed by atoms with van der Waals surface area (Å²) in [6.07, 6.45) is 4.83. The van der Waals surface area contributed by atoms with Crippen molar-refractivity contribution in [2.45, 2.75) is 37.1 Å². The topological polar surface area (TPSA) is 43.8 Å². The molecule has 2 saturated carbocycles. The van der Waals surface area contributed by atoms with Gasteiger partial charge in [-0.3, -0.25) is 4.68 Å². The van der Waals surface area contributed by atoms with Gasteiger partial charge in [-0.25, -0.2) is 0 Å². The maximum Gasteiger partial charge on any atom is 0.0734 e. The summed E-state index contributed by atoms with van der Waals surface area (Å²) < 4.78 is 2.01. The van der Waals surface area contributed by atoms with E-state index in [0.29, 0.717) is 5.92 Å². The molecule has 1 heterocycles. The maximum absolute atomic E-state index is 6.26. The highest BCUT2D eigenvalue weighted by molar-refractivity contribution is 5.83. The molecule has 1 aromatic heterocycles. The summed E-state index contributed by atoms with van der Waals surface area (Å²) >= 11 is 0. The van der Waals surface area contributed by atoms with Crippen molar-refractivity contribution in [2.75, 3.05) is 0 Å². The lowest BCUT2D eigenvalue weighted by Crippen LogP contribution is -2.18. The van der Waals surface area contributed by atoms with Crippen molar-refractivity contribution < 1.29 is 0 Å². The minimum absolute atomic E-state index is 0.0434. The zero-order valence-electron chi connectivity index (χ0n) is 10.1. The summed E-state index contributed by atoms with van der Waals surface area (Å²) in [5.74, 6) is 0.706. The normalized spacial score (nSPS) is 22.0. The molecule has 0 saturated heterocycles. The number of nitrogens with two attached hydrogens (primary N) is 1. The molecule has 17 heavy (non-hydrogen) atoms. The Morgan fingerprint density at radius 2 is 2.12 bits per heavy atom. The van der Waals surface area contributed by atoms with E-state index in [1.807, 2.05) is 11.7 Å². The highest BCUT2D eigenvalue weighted by atomic mass is 15.3. The molecule has 0 aliphatic heterocycles. The van der Waals surface area contributed by atoms with Crippen LogP contribution in [0.5, 0.6) is 0 Å². The van der Waals surface area contributed by atoms with Crippen molar-refractivity contribution in [1.82, 2.24) is 9.78 Å². The Morgan fingerprint density at radius 3 is 2.76 bits per heavy atom. The van der Waals surface area contributed by atoms with E-state index in [2.05, 4.69) is 23.3 Å². The van der Waals surface area contributed by atoms with Crippen molar-refractivity contribution in [1.29, 1.82) is 0 Å². The van der Waals surface area contributed by atoms with Crippen molar-refractivity contribution in [3.8, 4) is 0 Å². The summed E-state index contributed by atoms with van der Waals surface area (Å²) in [7, 11) is 2.04. The quantitative estimate of drug-likeness (QED) is 0.856. The Balaban J connectivity index is 1.92. The molecule has 0 radical (unpaired) electrons. The van der Waals surface area contributed by atoms with Gasteiger partial charge in [-0.05, 0) is 37.3 Å². The Morgan fingerprint density at radius 1 is 1.35 bits per heavy atom. The molecule has 0 atom stereocenters. The Bertz CT molecular complexity index is 603. The predicted molar refractivity (Wildman–Crippen MR) is 67.8 cm³/mol. The minimum Gasteiger partial charge on any atom is -0.321 e. The molecular formula is C14H17N3. The third kappa shape index (κ3) is 1.35. The van der Waals surface area contributed by atoms with Gasteiger partial charge in [-0.15, -0.1) is 0 Å². The molecular weight excluding hydrogens is 210 g/mol. The van der Waals surface area contributed by atoms with Crippen LogP contribution in [-0.4, -0.2) is 9.78 Å². The van der Waals surface area contributed by atoms with Crippen LogP contribution in [0, 0.1) is 0 Å². The van der Waals surface area contributed by atoms with Crippen LogP contribution in [0.15, 0.2) is 18.2 Å². The van der Waals surface area contributed by atoms with Gasteiger partial charge in [0.2, 0.25) is 0 Å². The molecule has 1 aromatic carbocycles. The van der Waals surface area contributed by atoms with Gasteiger partial charge in [0.1, 0.15) is 0 Å². The summed E-state index contributed by atoms with van der Waals surface area (Å²) in [6.45, 7) is 0. The Labute approximate surface area is 101 Å². The largest absolute Gasteiger partial charge is 0.321 e. The predicted octanol–water partition coefficient (Wildman–Crippen LogP) is 2.40. The number of hydrogen-bond acceptors (Lipinski definition) is 2. The Hall–Kier alpha value is -1.35. The van der Waals surface area contributed by atoms with Crippen LogP contribution < -0.4 is 5.73 Å². The molecule has 88 valence electrons. The van der Waals surface area contributed by atoms with Crippen molar-refractivity contribution >= 4 is 10.9 Å². The molecule has 0 bridgehead atoms. The first-order valence-electron chi connectivity index (χ1n) is 6.43. The van der Waals surface area contributed by atoms with E-state index >= 15 is 0 Å². The number of aromatic nitrogens is 2. The third-order valence-corrected chi connectivity index (χ3v) is 4.21. The lowest BCUT2D eigenvalue weighted by Gasteiger charge is -2.09. The van der Waals surface area contributed by atoms with E-state index in [-0.39, 0.29) is 5.54 Å². The van der Waals surface area contributed by atoms with Crippen molar-refractivity contribution in [3.63, 3.8) is 0 Å². The number of aryl methyl sites for hydroxylation is 1. The van der Waals surface area contributed by atoms with Gasteiger partial charge in [-0.2, -0.15) is 5.10 Å². The molecule has 2 aromatic rings. The fourth-order valence-corrected chi connectivity index (χ4v) is 2.68. The number of fused-ring (bicyclic) bond motifs is 1. The molecule has 2 aliphatic rings. The zero-order valence-corrected chi connectivity index (χ0v) is 10.1. The first-order valence-corrected chi connectivity index (χ1v) is 6.43. The first kappa shape index (κ1) is 9.66. The van der Waals surface area contributed by atoms with Crippen LogP contribution in [-0.2, 0) is 12.6 Å². The standard InChI is InChI=1S/C14H17N3/c1-17-12-8-10(14(15)6-7-14)4-5-11(12)13(16-17)9-2-3-9/h4-5,8-9H,2-3,6-7,15H2,1H3. The molecule has 2 fully saturated rings. The SMILES string of the molecule is Cn1nc(C2CC2)c2ccc(C3(N)CC3)cc21. The van der Waals surface area contributed by atoms with E-state index in [9.17, 15) is 0 Å². The maximum atomic E-state index is 6.26. The first-order chi connectivity index (χ1) is 8.17. The van der Waals surface area contributed by atoms with Crippen LogP contribution in [0.3, 0.4) is 0 Å². The van der Waals surface area contributed by atoms with Gasteiger partial charge < -0.3 is 5.73 Å². The summed E-state index contributed by atoms with van der Waals surface area (Å²) in [5, 5.41) is 5.99. The highest BCUT2D eigenvalue weighted by Gasteiger charge is 2.40. The average molecular weight is 227 g/mol. The van der Waals surface area contributed by atoms with Crippen LogP contribution in [0.25, 0.3) is 10.9 Å². The number of rotatable bonds is 2. The van der Waals surface area contributed by atoms with E-state index < -0.39 is 0 Å². The third-order valence-electron chi connectivity index (χ3n) is 4.21. The molecule has 0 amide bonds. The lowest BCUT2D eigenvalue weighted by molar-refractivity contribution is 0.736. The molecule has 3 heteroatoms. The second-order valence-electron chi connectivity index (χ2n) is 5.67. The van der Waals surface area contributed by atoms with E-state index in [4.69, 9.17) is 5.73 Å². The van der Waals surface area contributed by atoms with E-state index in [0.717, 1.165) is 12.8 Å². The Kier molecular flexibility index (Phi) is 1.65. The summed E-state index contributed by atoms with van der Waals surface area (Å²) in [6, 6.07) is 6.66. The smallest absolute Gasteiger partial charge is 0.0734 e. The van der Waals surface area contributed by atoms with Crippen LogP contribution in [0.1, 0.15) is 42.9 Å².